The summed E-state index contributed by atoms with van der Waals surface area (Å²) in [6.45, 7) is 7.87. The van der Waals surface area contributed by atoms with Gasteiger partial charge >= 0.3 is 0 Å². The minimum atomic E-state index is 0.0465. The van der Waals surface area contributed by atoms with Crippen molar-refractivity contribution >= 4 is 5.91 Å². The highest BCUT2D eigenvalue weighted by Crippen LogP contribution is 2.24. The van der Waals surface area contributed by atoms with E-state index in [9.17, 15) is 4.79 Å². The highest BCUT2D eigenvalue weighted by molar-refractivity contribution is 5.94. The Kier molecular flexibility index (Phi) is 4.56. The van der Waals surface area contributed by atoms with Crippen LogP contribution in [0, 0.1) is 0 Å². The fraction of sp³-hybridized carbons (Fsp3) is 0.400. The van der Waals surface area contributed by atoms with Crippen LogP contribution in [-0.2, 0) is 5.41 Å². The molecule has 0 bridgehead atoms. The van der Waals surface area contributed by atoms with Gasteiger partial charge in [-0.25, -0.2) is 0 Å². The van der Waals surface area contributed by atoms with Gasteiger partial charge in [-0.05, 0) is 35.2 Å². The lowest BCUT2D eigenvalue weighted by Crippen LogP contribution is -2.31. The standard InChI is InChI=1S/C20H24N2O2/c1-20(2,3)16-6-4-15(5-7-16)19(23)22-13-10-18(14-22)24-17-8-11-21-12-9-17/h4-9,11-12,18H,10,13-14H2,1-3H3/t18-/m1/s1. The number of amides is 1. The van der Waals surface area contributed by atoms with Crippen molar-refractivity contribution in [2.45, 2.75) is 38.7 Å². The van der Waals surface area contributed by atoms with E-state index >= 15 is 0 Å². The van der Waals surface area contributed by atoms with Crippen LogP contribution in [0.25, 0.3) is 0 Å². The first-order chi connectivity index (χ1) is 11.4. The molecule has 1 atom stereocenters. The molecule has 1 aromatic heterocycles. The van der Waals surface area contributed by atoms with Gasteiger partial charge in [0, 0.05) is 30.9 Å². The van der Waals surface area contributed by atoms with Gasteiger partial charge in [-0.15, -0.1) is 0 Å². The molecule has 1 fully saturated rings. The van der Waals surface area contributed by atoms with E-state index in [1.807, 2.05) is 41.3 Å². The van der Waals surface area contributed by atoms with E-state index in [-0.39, 0.29) is 17.4 Å². The van der Waals surface area contributed by atoms with Gasteiger partial charge in [-0.3, -0.25) is 9.78 Å². The van der Waals surface area contributed by atoms with Gasteiger partial charge in [0.05, 0.1) is 6.54 Å². The first kappa shape index (κ1) is 16.5. The van der Waals surface area contributed by atoms with Gasteiger partial charge in [0.1, 0.15) is 11.9 Å². The quantitative estimate of drug-likeness (QED) is 0.865. The molecule has 0 spiro atoms. The fourth-order valence-corrected chi connectivity index (χ4v) is 2.91. The maximum Gasteiger partial charge on any atom is 0.253 e. The van der Waals surface area contributed by atoms with Crippen molar-refractivity contribution in [1.82, 2.24) is 9.88 Å². The molecular formula is C20H24N2O2. The van der Waals surface area contributed by atoms with Crippen LogP contribution in [0.2, 0.25) is 0 Å². The van der Waals surface area contributed by atoms with Crippen LogP contribution in [0.15, 0.2) is 48.8 Å². The SMILES string of the molecule is CC(C)(C)c1ccc(C(=O)N2CC[C@@H](Oc3ccncc3)C2)cc1. The maximum absolute atomic E-state index is 12.7. The Labute approximate surface area is 143 Å². The highest BCUT2D eigenvalue weighted by Gasteiger charge is 2.28. The number of likely N-dealkylation sites (tertiary alicyclic amines) is 1. The second-order valence-electron chi connectivity index (χ2n) is 7.29. The van der Waals surface area contributed by atoms with Crippen LogP contribution in [0.1, 0.15) is 43.1 Å². The molecule has 4 heteroatoms. The first-order valence-corrected chi connectivity index (χ1v) is 8.40. The average molecular weight is 324 g/mol. The monoisotopic (exact) mass is 324 g/mol. The van der Waals surface area contributed by atoms with Crippen LogP contribution in [0.3, 0.4) is 0 Å². The third kappa shape index (κ3) is 3.75. The molecule has 3 rings (SSSR count). The number of carbonyl (C=O) groups is 1. The molecule has 0 aliphatic carbocycles. The Bertz CT molecular complexity index is 690. The predicted octanol–water partition coefficient (Wildman–Crippen LogP) is 3.67. The Morgan fingerprint density at radius 1 is 1.12 bits per heavy atom. The zero-order valence-corrected chi connectivity index (χ0v) is 14.5. The van der Waals surface area contributed by atoms with E-state index in [1.54, 1.807) is 12.4 Å². The number of aromatic nitrogens is 1. The molecule has 1 aromatic carbocycles. The molecule has 1 saturated heterocycles. The van der Waals surface area contributed by atoms with Crippen molar-refractivity contribution in [1.29, 1.82) is 0 Å². The Hall–Kier alpha value is -2.36. The van der Waals surface area contributed by atoms with Crippen LogP contribution in [-0.4, -0.2) is 35.0 Å². The molecule has 1 aliphatic rings. The Morgan fingerprint density at radius 3 is 2.42 bits per heavy atom. The lowest BCUT2D eigenvalue weighted by atomic mass is 9.86. The molecule has 0 saturated carbocycles. The summed E-state index contributed by atoms with van der Waals surface area (Å²) in [7, 11) is 0. The van der Waals surface area contributed by atoms with E-state index in [4.69, 9.17) is 4.74 Å². The van der Waals surface area contributed by atoms with Crippen LogP contribution < -0.4 is 4.74 Å². The highest BCUT2D eigenvalue weighted by atomic mass is 16.5. The number of carbonyl (C=O) groups excluding carboxylic acids is 1. The minimum Gasteiger partial charge on any atom is -0.488 e. The number of nitrogens with zero attached hydrogens (tertiary/aromatic N) is 2. The molecule has 4 nitrogen and oxygen atoms in total. The number of pyridine rings is 1. The second kappa shape index (κ2) is 6.63. The zero-order chi connectivity index (χ0) is 17.2. The molecule has 0 unspecified atom stereocenters. The van der Waals surface area contributed by atoms with Crippen molar-refractivity contribution in [2.24, 2.45) is 0 Å². The van der Waals surface area contributed by atoms with Gasteiger partial charge in [-0.1, -0.05) is 32.9 Å². The van der Waals surface area contributed by atoms with Crippen LogP contribution >= 0.6 is 0 Å². The first-order valence-electron chi connectivity index (χ1n) is 8.40. The molecule has 0 radical (unpaired) electrons. The Morgan fingerprint density at radius 2 is 1.79 bits per heavy atom. The van der Waals surface area contributed by atoms with E-state index in [2.05, 4.69) is 25.8 Å². The number of benzene rings is 1. The van der Waals surface area contributed by atoms with Gasteiger partial charge < -0.3 is 9.64 Å². The van der Waals surface area contributed by atoms with Crippen LogP contribution in [0.5, 0.6) is 5.75 Å². The normalized spacial score (nSPS) is 17.8. The fourth-order valence-electron chi connectivity index (χ4n) is 2.91. The molecule has 1 aliphatic heterocycles. The number of hydrogen-bond donors (Lipinski definition) is 0. The average Bonchev–Trinajstić information content (AvgIpc) is 3.03. The Balaban J connectivity index is 1.62. The van der Waals surface area contributed by atoms with Crippen molar-refractivity contribution in [3.8, 4) is 5.75 Å². The lowest BCUT2D eigenvalue weighted by molar-refractivity contribution is 0.0772. The third-order valence-electron chi connectivity index (χ3n) is 4.38. The molecule has 2 aromatic rings. The number of hydrogen-bond acceptors (Lipinski definition) is 3. The summed E-state index contributed by atoms with van der Waals surface area (Å²) in [6, 6.07) is 11.6. The van der Waals surface area contributed by atoms with Crippen molar-refractivity contribution in [3.05, 3.63) is 59.9 Å². The summed E-state index contributed by atoms with van der Waals surface area (Å²) in [5, 5.41) is 0. The van der Waals surface area contributed by atoms with Gasteiger partial charge in [0.25, 0.3) is 5.91 Å². The summed E-state index contributed by atoms with van der Waals surface area (Å²) in [5.41, 5.74) is 2.07. The zero-order valence-electron chi connectivity index (χ0n) is 14.5. The summed E-state index contributed by atoms with van der Waals surface area (Å²) >= 11 is 0. The maximum atomic E-state index is 12.7. The lowest BCUT2D eigenvalue weighted by Gasteiger charge is -2.20. The molecule has 126 valence electrons. The molecule has 24 heavy (non-hydrogen) atoms. The summed E-state index contributed by atoms with van der Waals surface area (Å²) < 4.78 is 5.92. The third-order valence-corrected chi connectivity index (χ3v) is 4.38. The minimum absolute atomic E-state index is 0.0465. The topological polar surface area (TPSA) is 42.4 Å². The largest absolute Gasteiger partial charge is 0.488 e. The second-order valence-corrected chi connectivity index (χ2v) is 7.29. The smallest absolute Gasteiger partial charge is 0.253 e. The molecule has 2 heterocycles. The number of rotatable bonds is 3. The van der Waals surface area contributed by atoms with Crippen molar-refractivity contribution in [2.75, 3.05) is 13.1 Å². The summed E-state index contributed by atoms with van der Waals surface area (Å²) in [5.74, 6) is 0.884. The van der Waals surface area contributed by atoms with Crippen molar-refractivity contribution < 1.29 is 9.53 Å². The van der Waals surface area contributed by atoms with E-state index in [0.29, 0.717) is 6.54 Å². The predicted molar refractivity (Wildman–Crippen MR) is 94.3 cm³/mol. The van der Waals surface area contributed by atoms with Crippen LogP contribution in [0.4, 0.5) is 0 Å². The van der Waals surface area contributed by atoms with Crippen molar-refractivity contribution in [3.63, 3.8) is 0 Å². The van der Waals surface area contributed by atoms with E-state index in [1.165, 1.54) is 5.56 Å². The molecule has 0 N–H and O–H groups in total. The van der Waals surface area contributed by atoms with Gasteiger partial charge in [-0.2, -0.15) is 0 Å². The summed E-state index contributed by atoms with van der Waals surface area (Å²) in [6.07, 6.45) is 4.33. The molecule has 1 amide bonds. The summed E-state index contributed by atoms with van der Waals surface area (Å²) in [4.78, 5) is 18.5. The number of ether oxygens (including phenoxy) is 1. The van der Waals surface area contributed by atoms with Gasteiger partial charge in [0.15, 0.2) is 0 Å². The van der Waals surface area contributed by atoms with E-state index < -0.39 is 0 Å². The molecular weight excluding hydrogens is 300 g/mol. The van der Waals surface area contributed by atoms with E-state index in [0.717, 1.165) is 24.3 Å². The van der Waals surface area contributed by atoms with Gasteiger partial charge in [0.2, 0.25) is 0 Å².